The zero-order valence-corrected chi connectivity index (χ0v) is 8.70. The molecule has 0 atom stereocenters. The molecular formula is C13H14N2. The zero-order chi connectivity index (χ0) is 10.8. The third kappa shape index (κ3) is 2.10. The lowest BCUT2D eigenvalue weighted by molar-refractivity contribution is 1.47. The van der Waals surface area contributed by atoms with Gasteiger partial charge in [0.25, 0.3) is 0 Å². The van der Waals surface area contributed by atoms with E-state index in [1.54, 1.807) is 0 Å². The highest BCUT2D eigenvalue weighted by Crippen LogP contribution is 2.24. The van der Waals surface area contributed by atoms with Gasteiger partial charge in [0, 0.05) is 11.4 Å². The van der Waals surface area contributed by atoms with E-state index in [-0.39, 0.29) is 0 Å². The maximum atomic E-state index is 5.80. The molecule has 0 aliphatic rings. The van der Waals surface area contributed by atoms with E-state index in [1.807, 2.05) is 43.3 Å². The van der Waals surface area contributed by atoms with E-state index in [0.717, 1.165) is 22.5 Å². The van der Waals surface area contributed by atoms with Crippen LogP contribution in [0.3, 0.4) is 0 Å². The summed E-state index contributed by atoms with van der Waals surface area (Å²) in [6.07, 6.45) is 0. The Hall–Kier alpha value is -1.96. The van der Waals surface area contributed by atoms with E-state index in [0.29, 0.717) is 0 Å². The number of hydrogen-bond donors (Lipinski definition) is 2. The topological polar surface area (TPSA) is 52.0 Å². The fourth-order valence-electron chi connectivity index (χ4n) is 1.65. The monoisotopic (exact) mass is 198 g/mol. The predicted molar refractivity (Wildman–Crippen MR) is 65.4 cm³/mol. The molecule has 2 rings (SSSR count). The molecule has 0 fully saturated rings. The number of hydrogen-bond acceptors (Lipinski definition) is 2. The maximum Gasteiger partial charge on any atom is 0.0322 e. The van der Waals surface area contributed by atoms with Crippen LogP contribution in [0.4, 0.5) is 11.4 Å². The summed E-state index contributed by atoms with van der Waals surface area (Å²) in [4.78, 5) is 0. The minimum atomic E-state index is 0.777. The van der Waals surface area contributed by atoms with Crippen LogP contribution in [-0.2, 0) is 0 Å². The van der Waals surface area contributed by atoms with Crippen molar-refractivity contribution < 1.29 is 0 Å². The lowest BCUT2D eigenvalue weighted by Crippen LogP contribution is -1.88. The van der Waals surface area contributed by atoms with Crippen molar-refractivity contribution in [1.82, 2.24) is 0 Å². The molecule has 4 N–H and O–H groups in total. The van der Waals surface area contributed by atoms with E-state index in [1.165, 1.54) is 5.56 Å². The molecule has 0 saturated carbocycles. The Morgan fingerprint density at radius 3 is 2.00 bits per heavy atom. The van der Waals surface area contributed by atoms with Crippen molar-refractivity contribution >= 4 is 11.4 Å². The minimum absolute atomic E-state index is 0.777. The number of anilines is 2. The second kappa shape index (κ2) is 3.65. The Labute approximate surface area is 89.5 Å². The van der Waals surface area contributed by atoms with Gasteiger partial charge in [0.05, 0.1) is 0 Å². The van der Waals surface area contributed by atoms with Crippen LogP contribution in [-0.4, -0.2) is 0 Å². The molecule has 0 aromatic heterocycles. The molecule has 15 heavy (non-hydrogen) atoms. The fourth-order valence-corrected chi connectivity index (χ4v) is 1.65. The van der Waals surface area contributed by atoms with Crippen molar-refractivity contribution in [2.75, 3.05) is 11.5 Å². The van der Waals surface area contributed by atoms with E-state index in [9.17, 15) is 0 Å². The summed E-state index contributed by atoms with van der Waals surface area (Å²) in [6, 6.07) is 13.8. The normalized spacial score (nSPS) is 10.2. The quantitative estimate of drug-likeness (QED) is 0.692. The van der Waals surface area contributed by atoms with Gasteiger partial charge in [0.2, 0.25) is 0 Å². The van der Waals surface area contributed by atoms with Crippen molar-refractivity contribution in [1.29, 1.82) is 0 Å². The summed E-state index contributed by atoms with van der Waals surface area (Å²) in [5.74, 6) is 0. The van der Waals surface area contributed by atoms with Crippen LogP contribution < -0.4 is 11.5 Å². The first-order valence-electron chi connectivity index (χ1n) is 4.88. The second-order valence-corrected chi connectivity index (χ2v) is 3.75. The summed E-state index contributed by atoms with van der Waals surface area (Å²) in [6.45, 7) is 2.04. The van der Waals surface area contributed by atoms with Crippen molar-refractivity contribution in [3.05, 3.63) is 48.0 Å². The lowest BCUT2D eigenvalue weighted by atomic mass is 10.0. The van der Waals surface area contributed by atoms with Gasteiger partial charge in [-0.3, -0.25) is 0 Å². The standard InChI is InChI=1S/C13H14N2/c1-9-6-11(8-13(15)7-9)10-2-4-12(14)5-3-10/h2-8H,14-15H2,1H3. The third-order valence-electron chi connectivity index (χ3n) is 2.34. The van der Waals surface area contributed by atoms with E-state index in [4.69, 9.17) is 11.5 Å². The van der Waals surface area contributed by atoms with Crippen molar-refractivity contribution in [3.8, 4) is 11.1 Å². The summed E-state index contributed by atoms with van der Waals surface area (Å²) in [5.41, 5.74) is 16.5. The molecule has 2 heteroatoms. The van der Waals surface area contributed by atoms with Crippen LogP contribution in [0.5, 0.6) is 0 Å². The van der Waals surface area contributed by atoms with E-state index in [2.05, 4.69) is 6.07 Å². The average molecular weight is 198 g/mol. The largest absolute Gasteiger partial charge is 0.399 e. The van der Waals surface area contributed by atoms with Crippen LogP contribution in [0.15, 0.2) is 42.5 Å². The van der Waals surface area contributed by atoms with Gasteiger partial charge < -0.3 is 11.5 Å². The van der Waals surface area contributed by atoms with Gasteiger partial charge in [0.15, 0.2) is 0 Å². The molecule has 2 aromatic rings. The Bertz CT molecular complexity index is 452. The van der Waals surface area contributed by atoms with Gasteiger partial charge >= 0.3 is 0 Å². The van der Waals surface area contributed by atoms with Crippen molar-refractivity contribution in [3.63, 3.8) is 0 Å². The van der Waals surface area contributed by atoms with Crippen molar-refractivity contribution in [2.45, 2.75) is 6.92 Å². The molecule has 0 aliphatic heterocycles. The number of nitrogens with two attached hydrogens (primary N) is 2. The summed E-state index contributed by atoms with van der Waals surface area (Å²) < 4.78 is 0. The molecule has 76 valence electrons. The Kier molecular flexibility index (Phi) is 2.34. The van der Waals surface area contributed by atoms with Gasteiger partial charge in [0.1, 0.15) is 0 Å². The van der Waals surface area contributed by atoms with Crippen LogP contribution in [0, 0.1) is 6.92 Å². The number of nitrogen functional groups attached to an aromatic ring is 2. The highest BCUT2D eigenvalue weighted by atomic mass is 14.5. The summed E-state index contributed by atoms with van der Waals surface area (Å²) >= 11 is 0. The van der Waals surface area contributed by atoms with Gasteiger partial charge in [-0.15, -0.1) is 0 Å². The molecule has 2 aromatic carbocycles. The predicted octanol–water partition coefficient (Wildman–Crippen LogP) is 2.83. The Morgan fingerprint density at radius 2 is 1.40 bits per heavy atom. The Balaban J connectivity index is 2.49. The minimum Gasteiger partial charge on any atom is -0.399 e. The van der Waals surface area contributed by atoms with E-state index < -0.39 is 0 Å². The third-order valence-corrected chi connectivity index (χ3v) is 2.34. The lowest BCUT2D eigenvalue weighted by Gasteiger charge is -2.05. The SMILES string of the molecule is Cc1cc(N)cc(-c2ccc(N)cc2)c1. The molecular weight excluding hydrogens is 184 g/mol. The van der Waals surface area contributed by atoms with Gasteiger partial charge in [-0.2, -0.15) is 0 Å². The first kappa shape index (κ1) is 9.59. The second-order valence-electron chi connectivity index (χ2n) is 3.75. The highest BCUT2D eigenvalue weighted by molar-refractivity contribution is 5.69. The zero-order valence-electron chi connectivity index (χ0n) is 8.70. The smallest absolute Gasteiger partial charge is 0.0322 e. The van der Waals surface area contributed by atoms with E-state index >= 15 is 0 Å². The molecule has 0 heterocycles. The first-order valence-corrected chi connectivity index (χ1v) is 4.88. The number of rotatable bonds is 1. The van der Waals surface area contributed by atoms with Crippen LogP contribution >= 0.6 is 0 Å². The summed E-state index contributed by atoms with van der Waals surface area (Å²) in [5, 5.41) is 0. The molecule has 0 aliphatic carbocycles. The summed E-state index contributed by atoms with van der Waals surface area (Å²) in [7, 11) is 0. The van der Waals surface area contributed by atoms with Crippen molar-refractivity contribution in [2.24, 2.45) is 0 Å². The maximum absolute atomic E-state index is 5.80. The Morgan fingerprint density at radius 1 is 0.733 bits per heavy atom. The van der Waals surface area contributed by atoms with Crippen LogP contribution in [0.25, 0.3) is 11.1 Å². The highest BCUT2D eigenvalue weighted by Gasteiger charge is 1.99. The molecule has 0 amide bonds. The molecule has 0 spiro atoms. The van der Waals surface area contributed by atoms with Gasteiger partial charge in [-0.25, -0.2) is 0 Å². The first-order chi connectivity index (χ1) is 7.15. The fraction of sp³-hybridized carbons (Fsp3) is 0.0769. The molecule has 0 bridgehead atoms. The number of aryl methyl sites for hydroxylation is 1. The molecule has 0 saturated heterocycles. The van der Waals surface area contributed by atoms with Gasteiger partial charge in [-0.1, -0.05) is 18.2 Å². The molecule has 0 radical (unpaired) electrons. The van der Waals surface area contributed by atoms with Crippen LogP contribution in [0.1, 0.15) is 5.56 Å². The van der Waals surface area contributed by atoms with Crippen LogP contribution in [0.2, 0.25) is 0 Å². The molecule has 0 unspecified atom stereocenters. The van der Waals surface area contributed by atoms with Gasteiger partial charge in [-0.05, 0) is 47.9 Å². The average Bonchev–Trinajstić information content (AvgIpc) is 2.17. The number of benzene rings is 2. The molecule has 2 nitrogen and oxygen atoms in total.